The van der Waals surface area contributed by atoms with E-state index in [1.54, 1.807) is 0 Å². The number of nitrogens with zero attached hydrogens (tertiary/aromatic N) is 1. The Kier molecular flexibility index (Phi) is 2.94. The number of rotatable bonds is 2. The molecule has 0 aliphatic carbocycles. The summed E-state index contributed by atoms with van der Waals surface area (Å²) < 4.78 is 6.68. The number of ether oxygens (including phenoxy) is 1. The van der Waals surface area contributed by atoms with Crippen LogP contribution in [0.5, 0.6) is 0 Å². The van der Waals surface area contributed by atoms with Gasteiger partial charge in [-0.3, -0.25) is 14.3 Å². The molecule has 1 aromatic heterocycles. The van der Waals surface area contributed by atoms with Crippen LogP contribution >= 0.6 is 11.8 Å². The molecule has 0 aromatic carbocycles. The lowest BCUT2D eigenvalue weighted by Crippen LogP contribution is -2.32. The van der Waals surface area contributed by atoms with Crippen molar-refractivity contribution in [2.24, 2.45) is 0 Å². The first-order chi connectivity index (χ1) is 7.20. The molecule has 2 N–H and O–H groups in total. The van der Waals surface area contributed by atoms with Gasteiger partial charge in [0.25, 0.3) is 5.56 Å². The Hall–Kier alpha value is -1.05. The normalized spacial score (nSPS) is 25.7. The van der Waals surface area contributed by atoms with Crippen LogP contribution in [0.25, 0.3) is 0 Å². The van der Waals surface area contributed by atoms with Gasteiger partial charge in [0.2, 0.25) is 0 Å². The third-order valence-corrected chi connectivity index (χ3v) is 3.15. The molecule has 1 aromatic rings. The first kappa shape index (κ1) is 10.5. The fourth-order valence-corrected chi connectivity index (χ4v) is 2.27. The molecule has 0 radical (unpaired) electrons. The molecule has 2 heterocycles. The number of aromatic nitrogens is 2. The van der Waals surface area contributed by atoms with Crippen molar-refractivity contribution in [3.63, 3.8) is 0 Å². The van der Waals surface area contributed by atoms with Gasteiger partial charge in [-0.2, -0.15) is 0 Å². The molecule has 0 bridgehead atoms. The zero-order chi connectivity index (χ0) is 10.8. The molecule has 0 saturated carbocycles. The molecule has 0 unspecified atom stereocenters. The third kappa shape index (κ3) is 2.14. The molecule has 0 spiro atoms. The lowest BCUT2D eigenvalue weighted by molar-refractivity contribution is -0.00640. The van der Waals surface area contributed by atoms with Crippen molar-refractivity contribution in [2.75, 3.05) is 12.4 Å². The van der Waals surface area contributed by atoms with Gasteiger partial charge in [-0.05, 0) is 0 Å². The van der Waals surface area contributed by atoms with Crippen molar-refractivity contribution in [2.45, 2.75) is 11.7 Å². The van der Waals surface area contributed by atoms with Crippen LogP contribution in [0.15, 0.2) is 21.9 Å². The van der Waals surface area contributed by atoms with Crippen molar-refractivity contribution < 1.29 is 9.84 Å². The lowest BCUT2D eigenvalue weighted by atomic mass is 10.5. The van der Waals surface area contributed by atoms with E-state index in [1.165, 1.54) is 28.6 Å². The number of thioether (sulfide) groups is 1. The minimum Gasteiger partial charge on any atom is -0.393 e. The van der Waals surface area contributed by atoms with E-state index in [1.807, 2.05) is 0 Å². The predicted octanol–water partition coefficient (Wildman–Crippen LogP) is -0.883. The van der Waals surface area contributed by atoms with Crippen LogP contribution in [0.4, 0.5) is 0 Å². The largest absolute Gasteiger partial charge is 0.393 e. The van der Waals surface area contributed by atoms with Crippen LogP contribution in [0.3, 0.4) is 0 Å². The van der Waals surface area contributed by atoms with Gasteiger partial charge in [-0.1, -0.05) is 0 Å². The van der Waals surface area contributed by atoms with Crippen LogP contribution in [-0.2, 0) is 4.74 Å². The predicted molar refractivity (Wildman–Crippen MR) is 54.8 cm³/mol. The molecular weight excluding hydrogens is 220 g/mol. The fourth-order valence-electron chi connectivity index (χ4n) is 1.34. The summed E-state index contributed by atoms with van der Waals surface area (Å²) in [5, 5.41) is 8.85. The fraction of sp³-hybridized carbons (Fsp3) is 0.500. The summed E-state index contributed by atoms with van der Waals surface area (Å²) in [4.78, 5) is 24.3. The molecule has 1 aliphatic heterocycles. The van der Waals surface area contributed by atoms with E-state index in [-0.39, 0.29) is 12.0 Å². The van der Waals surface area contributed by atoms with Crippen LogP contribution in [0.2, 0.25) is 0 Å². The van der Waals surface area contributed by atoms with Gasteiger partial charge >= 0.3 is 5.69 Å². The van der Waals surface area contributed by atoms with Crippen molar-refractivity contribution in [3.8, 4) is 0 Å². The summed E-state index contributed by atoms with van der Waals surface area (Å²) in [6.45, 7) is -0.0841. The molecule has 6 nitrogen and oxygen atoms in total. The topological polar surface area (TPSA) is 84.3 Å². The van der Waals surface area contributed by atoms with Gasteiger partial charge in [0.15, 0.2) is 0 Å². The molecule has 1 saturated heterocycles. The van der Waals surface area contributed by atoms with Crippen molar-refractivity contribution >= 4 is 11.8 Å². The second kappa shape index (κ2) is 4.21. The second-order valence-corrected chi connectivity index (χ2v) is 4.25. The smallest absolute Gasteiger partial charge is 0.330 e. The van der Waals surface area contributed by atoms with Gasteiger partial charge < -0.3 is 9.84 Å². The molecule has 1 fully saturated rings. The van der Waals surface area contributed by atoms with Gasteiger partial charge in [0, 0.05) is 18.0 Å². The lowest BCUT2D eigenvalue weighted by Gasteiger charge is -2.12. The monoisotopic (exact) mass is 230 g/mol. The zero-order valence-corrected chi connectivity index (χ0v) is 8.57. The number of aliphatic hydroxyl groups excluding tert-OH is 1. The SMILES string of the molecule is O=c1ccn([C@@H]2CS[C@H](CO)O2)c(=O)[nH]1. The number of nitrogens with one attached hydrogen (secondary N) is 1. The highest BCUT2D eigenvalue weighted by Crippen LogP contribution is 2.29. The minimum atomic E-state index is -0.494. The second-order valence-electron chi connectivity index (χ2n) is 3.05. The highest BCUT2D eigenvalue weighted by Gasteiger charge is 2.27. The maximum absolute atomic E-state index is 11.4. The summed E-state index contributed by atoms with van der Waals surface area (Å²) in [5.74, 6) is 0.581. The zero-order valence-electron chi connectivity index (χ0n) is 7.75. The molecule has 82 valence electrons. The van der Waals surface area contributed by atoms with Gasteiger partial charge in [-0.25, -0.2) is 4.79 Å². The van der Waals surface area contributed by atoms with Gasteiger partial charge in [-0.15, -0.1) is 11.8 Å². The maximum atomic E-state index is 11.4. The molecule has 0 amide bonds. The Morgan fingerprint density at radius 2 is 2.47 bits per heavy atom. The Bertz CT molecular complexity index is 454. The first-order valence-electron chi connectivity index (χ1n) is 4.40. The molecule has 2 rings (SSSR count). The summed E-state index contributed by atoms with van der Waals surface area (Å²) in [5.41, 5.74) is -1.22. The summed E-state index contributed by atoms with van der Waals surface area (Å²) in [6.07, 6.45) is 0.975. The Morgan fingerprint density at radius 3 is 3.07 bits per heavy atom. The average Bonchev–Trinajstić information content (AvgIpc) is 2.66. The number of aliphatic hydroxyl groups is 1. The van der Waals surface area contributed by atoms with Gasteiger partial charge in [0.1, 0.15) is 11.7 Å². The molecular formula is C8H10N2O4S. The summed E-state index contributed by atoms with van der Waals surface area (Å²) >= 11 is 1.43. The molecule has 2 atom stereocenters. The van der Waals surface area contributed by atoms with E-state index >= 15 is 0 Å². The average molecular weight is 230 g/mol. The van der Waals surface area contributed by atoms with E-state index < -0.39 is 17.5 Å². The van der Waals surface area contributed by atoms with Crippen molar-refractivity contribution in [1.29, 1.82) is 0 Å². The number of H-pyrrole nitrogens is 1. The van der Waals surface area contributed by atoms with E-state index in [2.05, 4.69) is 4.98 Å². The quantitative estimate of drug-likeness (QED) is 0.689. The molecule has 7 heteroatoms. The van der Waals surface area contributed by atoms with Crippen molar-refractivity contribution in [3.05, 3.63) is 33.1 Å². The Labute approximate surface area is 88.9 Å². The van der Waals surface area contributed by atoms with Crippen molar-refractivity contribution in [1.82, 2.24) is 9.55 Å². The van der Waals surface area contributed by atoms with E-state index in [0.29, 0.717) is 5.75 Å². The number of hydrogen-bond donors (Lipinski definition) is 2. The van der Waals surface area contributed by atoms with E-state index in [4.69, 9.17) is 9.84 Å². The van der Waals surface area contributed by atoms with Crippen LogP contribution in [0, 0.1) is 0 Å². The van der Waals surface area contributed by atoms with E-state index in [9.17, 15) is 9.59 Å². The third-order valence-electron chi connectivity index (χ3n) is 2.04. The summed E-state index contributed by atoms with van der Waals surface area (Å²) in [6, 6.07) is 1.27. The molecule has 15 heavy (non-hydrogen) atoms. The first-order valence-corrected chi connectivity index (χ1v) is 5.45. The number of hydrogen-bond acceptors (Lipinski definition) is 5. The van der Waals surface area contributed by atoms with Gasteiger partial charge in [0.05, 0.1) is 6.61 Å². The maximum Gasteiger partial charge on any atom is 0.330 e. The molecule has 1 aliphatic rings. The number of aromatic amines is 1. The van der Waals surface area contributed by atoms with Crippen LogP contribution in [0.1, 0.15) is 6.23 Å². The highest BCUT2D eigenvalue weighted by atomic mass is 32.2. The minimum absolute atomic E-state index is 0.0841. The summed E-state index contributed by atoms with van der Waals surface area (Å²) in [7, 11) is 0. The van der Waals surface area contributed by atoms with Crippen LogP contribution < -0.4 is 11.2 Å². The Balaban J connectivity index is 2.24. The Morgan fingerprint density at radius 1 is 1.67 bits per heavy atom. The highest BCUT2D eigenvalue weighted by molar-refractivity contribution is 8.00. The van der Waals surface area contributed by atoms with E-state index in [0.717, 1.165) is 0 Å². The van der Waals surface area contributed by atoms with Crippen LogP contribution in [-0.4, -0.2) is 32.5 Å². The standard InChI is InChI=1S/C8H10N2O4S/c11-3-7-14-6(4-15-7)10-2-1-5(12)9-8(10)13/h1-2,6-7,11H,3-4H2,(H,9,12,13)/t6-,7+/m0/s1.